The first-order valence-electron chi connectivity index (χ1n) is 3.03. The van der Waals surface area contributed by atoms with Crippen LogP contribution in [-0.2, 0) is 0 Å². The van der Waals surface area contributed by atoms with Crippen molar-refractivity contribution in [3.63, 3.8) is 0 Å². The van der Waals surface area contributed by atoms with Crippen molar-refractivity contribution >= 4 is 5.91 Å². The molecule has 4 heteroatoms. The van der Waals surface area contributed by atoms with Crippen LogP contribution in [0.25, 0.3) is 0 Å². The molecule has 0 aliphatic rings. The monoisotopic (exact) mass is 154 g/mol. The van der Waals surface area contributed by atoms with E-state index in [4.69, 9.17) is 5.73 Å². The average Bonchev–Trinajstić information content (AvgIpc) is 1.94. The highest BCUT2D eigenvalue weighted by atomic mass is 19.1. The molecule has 0 bridgehead atoms. The number of halogens is 1. The highest BCUT2D eigenvalue weighted by Crippen LogP contribution is 2.04. The van der Waals surface area contributed by atoms with E-state index in [2.05, 4.69) is 4.98 Å². The zero-order chi connectivity index (χ0) is 8.43. The Bertz CT molecular complexity index is 298. The molecule has 1 amide bonds. The molecule has 0 aliphatic carbocycles. The Morgan fingerprint density at radius 2 is 2.36 bits per heavy atom. The summed E-state index contributed by atoms with van der Waals surface area (Å²) in [4.78, 5) is 13.9. The van der Waals surface area contributed by atoms with Crippen molar-refractivity contribution in [1.82, 2.24) is 4.98 Å². The van der Waals surface area contributed by atoms with E-state index in [0.717, 1.165) is 6.20 Å². The van der Waals surface area contributed by atoms with Gasteiger partial charge in [-0.1, -0.05) is 0 Å². The molecule has 3 nitrogen and oxygen atoms in total. The van der Waals surface area contributed by atoms with Gasteiger partial charge in [0, 0.05) is 11.8 Å². The minimum Gasteiger partial charge on any atom is -0.366 e. The molecule has 11 heavy (non-hydrogen) atoms. The normalized spacial score (nSPS) is 9.64. The SMILES string of the molecule is Cc1cc(C(N)=O)cnc1F. The Balaban J connectivity index is 3.15. The average molecular weight is 154 g/mol. The molecule has 1 aromatic heterocycles. The van der Waals surface area contributed by atoms with Gasteiger partial charge in [-0.3, -0.25) is 4.79 Å². The molecule has 2 N–H and O–H groups in total. The molecule has 1 heterocycles. The summed E-state index contributed by atoms with van der Waals surface area (Å²) in [5.74, 6) is -1.17. The van der Waals surface area contributed by atoms with Gasteiger partial charge in [0.25, 0.3) is 0 Å². The van der Waals surface area contributed by atoms with Gasteiger partial charge in [-0.25, -0.2) is 4.98 Å². The van der Waals surface area contributed by atoms with Crippen LogP contribution in [0.15, 0.2) is 12.3 Å². The number of aromatic nitrogens is 1. The number of nitrogens with zero attached hydrogens (tertiary/aromatic N) is 1. The Morgan fingerprint density at radius 3 is 2.82 bits per heavy atom. The third-order valence-corrected chi connectivity index (χ3v) is 1.30. The van der Waals surface area contributed by atoms with Gasteiger partial charge in [-0.15, -0.1) is 0 Å². The molecular weight excluding hydrogens is 147 g/mol. The molecule has 0 unspecified atom stereocenters. The molecule has 1 aromatic rings. The Kier molecular flexibility index (Phi) is 1.85. The van der Waals surface area contributed by atoms with Gasteiger partial charge in [-0.05, 0) is 13.0 Å². The van der Waals surface area contributed by atoms with E-state index in [1.165, 1.54) is 13.0 Å². The van der Waals surface area contributed by atoms with E-state index in [-0.39, 0.29) is 5.56 Å². The van der Waals surface area contributed by atoms with Crippen LogP contribution in [0.2, 0.25) is 0 Å². The molecule has 0 atom stereocenters. The fraction of sp³-hybridized carbons (Fsp3) is 0.143. The lowest BCUT2D eigenvalue weighted by Crippen LogP contribution is -2.11. The Labute approximate surface area is 63.0 Å². The van der Waals surface area contributed by atoms with Gasteiger partial charge in [0.2, 0.25) is 11.9 Å². The number of pyridine rings is 1. The van der Waals surface area contributed by atoms with E-state index >= 15 is 0 Å². The fourth-order valence-electron chi connectivity index (χ4n) is 0.693. The predicted octanol–water partition coefficient (Wildman–Crippen LogP) is 0.628. The quantitative estimate of drug-likeness (QED) is 0.603. The number of primary amides is 1. The molecule has 0 fully saturated rings. The van der Waals surface area contributed by atoms with Crippen LogP contribution < -0.4 is 5.73 Å². The maximum Gasteiger partial charge on any atom is 0.250 e. The van der Waals surface area contributed by atoms with Gasteiger partial charge < -0.3 is 5.73 Å². The Hall–Kier alpha value is -1.45. The molecule has 0 saturated carbocycles. The van der Waals surface area contributed by atoms with Gasteiger partial charge >= 0.3 is 0 Å². The topological polar surface area (TPSA) is 56.0 Å². The largest absolute Gasteiger partial charge is 0.366 e. The van der Waals surface area contributed by atoms with E-state index in [1.54, 1.807) is 0 Å². The number of hydrogen-bond acceptors (Lipinski definition) is 2. The zero-order valence-electron chi connectivity index (χ0n) is 5.97. The lowest BCUT2D eigenvalue weighted by Gasteiger charge is -1.96. The summed E-state index contributed by atoms with van der Waals surface area (Å²) in [5.41, 5.74) is 5.48. The number of aryl methyl sites for hydroxylation is 1. The molecule has 0 radical (unpaired) electrons. The van der Waals surface area contributed by atoms with Crippen molar-refractivity contribution in [2.45, 2.75) is 6.92 Å². The molecule has 58 valence electrons. The van der Waals surface area contributed by atoms with E-state index in [0.29, 0.717) is 5.56 Å². The number of rotatable bonds is 1. The van der Waals surface area contributed by atoms with Crippen LogP contribution >= 0.6 is 0 Å². The van der Waals surface area contributed by atoms with E-state index in [1.807, 2.05) is 0 Å². The molecule has 0 saturated heterocycles. The van der Waals surface area contributed by atoms with Crippen molar-refractivity contribution < 1.29 is 9.18 Å². The second-order valence-corrected chi connectivity index (χ2v) is 2.20. The number of carbonyl (C=O) groups is 1. The van der Waals surface area contributed by atoms with Crippen molar-refractivity contribution in [3.8, 4) is 0 Å². The predicted molar refractivity (Wildman–Crippen MR) is 37.4 cm³/mol. The van der Waals surface area contributed by atoms with E-state index < -0.39 is 11.9 Å². The highest BCUT2D eigenvalue weighted by Gasteiger charge is 2.03. The molecule has 0 spiro atoms. The smallest absolute Gasteiger partial charge is 0.250 e. The van der Waals surface area contributed by atoms with Crippen LogP contribution in [0.5, 0.6) is 0 Å². The van der Waals surface area contributed by atoms with Gasteiger partial charge in [0.15, 0.2) is 0 Å². The summed E-state index contributed by atoms with van der Waals surface area (Å²) in [5, 5.41) is 0. The molecule has 0 aliphatic heterocycles. The summed E-state index contributed by atoms with van der Waals surface area (Å²) in [6, 6.07) is 1.37. The van der Waals surface area contributed by atoms with Crippen LogP contribution in [0.1, 0.15) is 15.9 Å². The second-order valence-electron chi connectivity index (χ2n) is 2.20. The maximum absolute atomic E-state index is 12.5. The summed E-state index contributed by atoms with van der Waals surface area (Å²) >= 11 is 0. The van der Waals surface area contributed by atoms with Crippen molar-refractivity contribution in [2.24, 2.45) is 5.73 Å². The first-order valence-corrected chi connectivity index (χ1v) is 3.03. The highest BCUT2D eigenvalue weighted by molar-refractivity contribution is 5.92. The number of amides is 1. The summed E-state index contributed by atoms with van der Waals surface area (Å²) in [7, 11) is 0. The minimum absolute atomic E-state index is 0.226. The first kappa shape index (κ1) is 7.65. The summed E-state index contributed by atoms with van der Waals surface area (Å²) in [6.07, 6.45) is 1.12. The van der Waals surface area contributed by atoms with Crippen LogP contribution in [0.4, 0.5) is 4.39 Å². The third kappa shape index (κ3) is 1.52. The van der Waals surface area contributed by atoms with Crippen molar-refractivity contribution in [2.75, 3.05) is 0 Å². The van der Waals surface area contributed by atoms with Crippen molar-refractivity contribution in [3.05, 3.63) is 29.3 Å². The lowest BCUT2D eigenvalue weighted by atomic mass is 10.2. The number of hydrogen-bond donors (Lipinski definition) is 1. The van der Waals surface area contributed by atoms with Crippen molar-refractivity contribution in [1.29, 1.82) is 0 Å². The minimum atomic E-state index is -0.597. The molecular formula is C7H7FN2O. The summed E-state index contributed by atoms with van der Waals surface area (Å²) < 4.78 is 12.5. The first-order chi connectivity index (χ1) is 5.11. The summed E-state index contributed by atoms with van der Waals surface area (Å²) in [6.45, 7) is 1.52. The van der Waals surface area contributed by atoms with Crippen LogP contribution in [-0.4, -0.2) is 10.9 Å². The van der Waals surface area contributed by atoms with Gasteiger partial charge in [-0.2, -0.15) is 4.39 Å². The Morgan fingerprint density at radius 1 is 1.73 bits per heavy atom. The third-order valence-electron chi connectivity index (χ3n) is 1.30. The maximum atomic E-state index is 12.5. The fourth-order valence-corrected chi connectivity index (χ4v) is 0.693. The van der Waals surface area contributed by atoms with Crippen LogP contribution in [0.3, 0.4) is 0 Å². The number of nitrogens with two attached hydrogens (primary N) is 1. The standard InChI is InChI=1S/C7H7FN2O/c1-4-2-5(7(9)11)3-10-6(4)8/h2-3H,1H3,(H2,9,11). The second kappa shape index (κ2) is 2.65. The van der Waals surface area contributed by atoms with Crippen LogP contribution in [0, 0.1) is 12.9 Å². The molecule has 1 rings (SSSR count). The number of carbonyl (C=O) groups excluding carboxylic acids is 1. The lowest BCUT2D eigenvalue weighted by molar-refractivity contribution is 0.1000. The van der Waals surface area contributed by atoms with Gasteiger partial charge in [0.1, 0.15) is 0 Å². The van der Waals surface area contributed by atoms with E-state index in [9.17, 15) is 9.18 Å². The van der Waals surface area contributed by atoms with Gasteiger partial charge in [0.05, 0.1) is 5.56 Å². The zero-order valence-corrected chi connectivity index (χ0v) is 5.97. The molecule has 0 aromatic carbocycles.